The van der Waals surface area contributed by atoms with Crippen molar-refractivity contribution in [2.24, 2.45) is 0 Å². The minimum atomic E-state index is -0.309. The summed E-state index contributed by atoms with van der Waals surface area (Å²) in [6, 6.07) is 14.7. The minimum Gasteiger partial charge on any atom is -0.333 e. The highest BCUT2D eigenvalue weighted by Crippen LogP contribution is 2.22. The number of nitrogens with one attached hydrogen (secondary N) is 2. The van der Waals surface area contributed by atoms with Gasteiger partial charge in [-0.1, -0.05) is 39.7 Å². The van der Waals surface area contributed by atoms with Crippen LogP contribution in [-0.4, -0.2) is 24.5 Å². The Hall–Kier alpha value is -2.34. The Morgan fingerprint density at radius 3 is 2.67 bits per heavy atom. The number of hydrogen-bond donors (Lipinski definition) is 2. The summed E-state index contributed by atoms with van der Waals surface area (Å²) in [5.41, 5.74) is 2.71. The Kier molecular flexibility index (Phi) is 4.85. The molecule has 1 saturated heterocycles. The molecule has 0 aromatic heterocycles. The van der Waals surface area contributed by atoms with E-state index in [9.17, 15) is 9.59 Å². The van der Waals surface area contributed by atoms with Gasteiger partial charge < -0.3 is 15.5 Å². The van der Waals surface area contributed by atoms with Gasteiger partial charge in [-0.25, -0.2) is 4.79 Å². The van der Waals surface area contributed by atoms with Crippen molar-refractivity contribution in [1.82, 2.24) is 5.32 Å². The van der Waals surface area contributed by atoms with Gasteiger partial charge in [0.25, 0.3) is 0 Å². The molecule has 1 fully saturated rings. The van der Waals surface area contributed by atoms with E-state index in [2.05, 4.69) is 26.6 Å². The van der Waals surface area contributed by atoms with E-state index in [1.807, 2.05) is 55.5 Å². The van der Waals surface area contributed by atoms with Gasteiger partial charge in [0.2, 0.25) is 5.91 Å². The molecule has 0 radical (unpaired) electrons. The van der Waals surface area contributed by atoms with E-state index < -0.39 is 0 Å². The number of aryl methyl sites for hydroxylation is 1. The SMILES string of the molecule is Cc1ccc(N2CC(NC(=O)Nc3cccc(Br)c3)CC2=O)cc1. The summed E-state index contributed by atoms with van der Waals surface area (Å²) in [7, 11) is 0. The van der Waals surface area contributed by atoms with Crippen LogP contribution >= 0.6 is 15.9 Å². The second-order valence-corrected chi connectivity index (χ2v) is 6.77. The first kappa shape index (κ1) is 16.5. The Bertz CT molecular complexity index is 761. The third kappa shape index (κ3) is 3.94. The molecule has 0 aliphatic carbocycles. The van der Waals surface area contributed by atoms with Crippen molar-refractivity contribution >= 4 is 39.2 Å². The van der Waals surface area contributed by atoms with Gasteiger partial charge in [0.05, 0.1) is 6.04 Å². The molecule has 24 heavy (non-hydrogen) atoms. The molecule has 0 bridgehead atoms. The fraction of sp³-hybridized carbons (Fsp3) is 0.222. The van der Waals surface area contributed by atoms with Gasteiger partial charge >= 0.3 is 6.03 Å². The van der Waals surface area contributed by atoms with Crippen molar-refractivity contribution in [2.75, 3.05) is 16.8 Å². The summed E-state index contributed by atoms with van der Waals surface area (Å²) in [6.07, 6.45) is 0.305. The molecule has 2 aromatic rings. The summed E-state index contributed by atoms with van der Waals surface area (Å²) in [6.45, 7) is 2.49. The molecule has 1 atom stereocenters. The van der Waals surface area contributed by atoms with Gasteiger partial charge in [-0.2, -0.15) is 0 Å². The van der Waals surface area contributed by atoms with E-state index in [1.54, 1.807) is 4.90 Å². The summed E-state index contributed by atoms with van der Waals surface area (Å²) in [5, 5.41) is 5.64. The lowest BCUT2D eigenvalue weighted by molar-refractivity contribution is -0.117. The molecule has 6 heteroatoms. The third-order valence-electron chi connectivity index (χ3n) is 3.89. The van der Waals surface area contributed by atoms with E-state index in [4.69, 9.17) is 0 Å². The highest BCUT2D eigenvalue weighted by atomic mass is 79.9. The van der Waals surface area contributed by atoms with Gasteiger partial charge in [-0.15, -0.1) is 0 Å². The standard InChI is InChI=1S/C18H18BrN3O2/c1-12-5-7-16(8-6-12)22-11-15(10-17(22)23)21-18(24)20-14-4-2-3-13(19)9-14/h2-9,15H,10-11H2,1H3,(H2,20,21,24). The van der Waals surface area contributed by atoms with Crippen LogP contribution in [0.15, 0.2) is 53.0 Å². The number of hydrogen-bond acceptors (Lipinski definition) is 2. The van der Waals surface area contributed by atoms with Crippen LogP contribution in [0.1, 0.15) is 12.0 Å². The van der Waals surface area contributed by atoms with Crippen molar-refractivity contribution in [3.63, 3.8) is 0 Å². The lowest BCUT2D eigenvalue weighted by Crippen LogP contribution is -2.39. The number of amides is 3. The molecule has 1 aliphatic heterocycles. The molecule has 124 valence electrons. The Labute approximate surface area is 149 Å². The zero-order chi connectivity index (χ0) is 17.1. The van der Waals surface area contributed by atoms with Crippen molar-refractivity contribution in [1.29, 1.82) is 0 Å². The predicted molar refractivity (Wildman–Crippen MR) is 98.2 cm³/mol. The molecule has 3 amide bonds. The summed E-state index contributed by atoms with van der Waals surface area (Å²) in [4.78, 5) is 26.0. The van der Waals surface area contributed by atoms with E-state index in [1.165, 1.54) is 0 Å². The molecule has 2 N–H and O–H groups in total. The summed E-state index contributed by atoms with van der Waals surface area (Å²) >= 11 is 3.36. The van der Waals surface area contributed by atoms with Crippen molar-refractivity contribution in [2.45, 2.75) is 19.4 Å². The molecule has 0 spiro atoms. The highest BCUT2D eigenvalue weighted by Gasteiger charge is 2.31. The van der Waals surface area contributed by atoms with Gasteiger partial charge in [0.1, 0.15) is 0 Å². The maximum Gasteiger partial charge on any atom is 0.319 e. The molecule has 3 rings (SSSR count). The second-order valence-electron chi connectivity index (χ2n) is 5.85. The Morgan fingerprint density at radius 2 is 1.96 bits per heavy atom. The van der Waals surface area contributed by atoms with E-state index in [-0.39, 0.29) is 18.0 Å². The van der Waals surface area contributed by atoms with Gasteiger partial charge in [-0.3, -0.25) is 4.79 Å². The topological polar surface area (TPSA) is 61.4 Å². The molecular formula is C18H18BrN3O2. The lowest BCUT2D eigenvalue weighted by Gasteiger charge is -2.17. The largest absolute Gasteiger partial charge is 0.333 e. The van der Waals surface area contributed by atoms with Gasteiger partial charge in [-0.05, 0) is 37.3 Å². The monoisotopic (exact) mass is 387 g/mol. The Morgan fingerprint density at radius 1 is 1.21 bits per heavy atom. The first-order valence-electron chi connectivity index (χ1n) is 7.71. The van der Waals surface area contributed by atoms with E-state index in [0.717, 1.165) is 15.7 Å². The average molecular weight is 388 g/mol. The fourth-order valence-electron chi connectivity index (χ4n) is 2.70. The van der Waals surface area contributed by atoms with E-state index in [0.29, 0.717) is 18.7 Å². The number of rotatable bonds is 3. The Balaban J connectivity index is 1.59. The van der Waals surface area contributed by atoms with Crippen LogP contribution in [0.3, 0.4) is 0 Å². The lowest BCUT2D eigenvalue weighted by atomic mass is 10.2. The average Bonchev–Trinajstić information content (AvgIpc) is 2.88. The minimum absolute atomic E-state index is 0.0200. The van der Waals surface area contributed by atoms with Crippen LogP contribution in [0.25, 0.3) is 0 Å². The smallest absolute Gasteiger partial charge is 0.319 e. The van der Waals surface area contributed by atoms with Crippen LogP contribution in [0.5, 0.6) is 0 Å². The fourth-order valence-corrected chi connectivity index (χ4v) is 3.10. The van der Waals surface area contributed by atoms with Crippen LogP contribution in [0, 0.1) is 6.92 Å². The van der Waals surface area contributed by atoms with Crippen LogP contribution in [0.2, 0.25) is 0 Å². The van der Waals surface area contributed by atoms with Crippen molar-refractivity contribution in [3.8, 4) is 0 Å². The van der Waals surface area contributed by atoms with Gasteiger partial charge in [0.15, 0.2) is 0 Å². The maximum atomic E-state index is 12.2. The number of carbonyl (C=O) groups excluding carboxylic acids is 2. The first-order chi connectivity index (χ1) is 11.5. The van der Waals surface area contributed by atoms with Crippen molar-refractivity contribution < 1.29 is 9.59 Å². The van der Waals surface area contributed by atoms with Crippen LogP contribution < -0.4 is 15.5 Å². The zero-order valence-corrected chi connectivity index (χ0v) is 14.8. The van der Waals surface area contributed by atoms with Crippen LogP contribution in [-0.2, 0) is 4.79 Å². The summed E-state index contributed by atoms with van der Waals surface area (Å²) < 4.78 is 0.891. The molecule has 1 aliphatic rings. The highest BCUT2D eigenvalue weighted by molar-refractivity contribution is 9.10. The molecule has 5 nitrogen and oxygen atoms in total. The molecule has 1 heterocycles. The number of nitrogens with zero attached hydrogens (tertiary/aromatic N) is 1. The molecule has 1 unspecified atom stereocenters. The molecule has 2 aromatic carbocycles. The second kappa shape index (κ2) is 7.05. The number of anilines is 2. The van der Waals surface area contributed by atoms with E-state index >= 15 is 0 Å². The molecule has 0 saturated carbocycles. The normalized spacial score (nSPS) is 17.0. The quantitative estimate of drug-likeness (QED) is 0.843. The molecular weight excluding hydrogens is 370 g/mol. The number of halogens is 1. The van der Waals surface area contributed by atoms with Crippen molar-refractivity contribution in [3.05, 3.63) is 58.6 Å². The third-order valence-corrected chi connectivity index (χ3v) is 4.38. The number of urea groups is 1. The van der Waals surface area contributed by atoms with Gasteiger partial charge in [0, 0.05) is 28.8 Å². The maximum absolute atomic E-state index is 12.2. The summed E-state index contributed by atoms with van der Waals surface area (Å²) in [5.74, 6) is 0.0200. The zero-order valence-electron chi connectivity index (χ0n) is 13.3. The first-order valence-corrected chi connectivity index (χ1v) is 8.51. The predicted octanol–water partition coefficient (Wildman–Crippen LogP) is 3.68. The van der Waals surface area contributed by atoms with Crippen LogP contribution in [0.4, 0.5) is 16.2 Å². The number of carbonyl (C=O) groups is 2. The number of benzene rings is 2.